The van der Waals surface area contributed by atoms with Crippen LogP contribution in [0.2, 0.25) is 0 Å². The Hall–Kier alpha value is -2.74. The summed E-state index contributed by atoms with van der Waals surface area (Å²) in [7, 11) is 0. The largest absolute Gasteiger partial charge is 0.484 e. The van der Waals surface area contributed by atoms with Crippen LogP contribution in [0, 0.1) is 5.92 Å². The summed E-state index contributed by atoms with van der Waals surface area (Å²) in [6.45, 7) is 4.45. The average molecular weight is 475 g/mol. The van der Waals surface area contributed by atoms with Crippen LogP contribution in [-0.2, 0) is 14.4 Å². The highest BCUT2D eigenvalue weighted by molar-refractivity contribution is 7.99. The minimum atomic E-state index is -0.481. The van der Waals surface area contributed by atoms with Gasteiger partial charge in [-0.1, -0.05) is 56.7 Å². The van der Waals surface area contributed by atoms with Gasteiger partial charge in [0, 0.05) is 13.0 Å². The van der Waals surface area contributed by atoms with Gasteiger partial charge in [-0.05, 0) is 43.0 Å². The molecule has 8 heteroatoms. The molecule has 1 heterocycles. The molecule has 0 radical (unpaired) electrons. The quantitative estimate of drug-likeness (QED) is 0.354. The van der Waals surface area contributed by atoms with Gasteiger partial charge in [-0.3, -0.25) is 14.4 Å². The molecule has 180 valence electrons. The van der Waals surface area contributed by atoms with E-state index < -0.39 is 6.04 Å². The van der Waals surface area contributed by atoms with Gasteiger partial charge in [0.2, 0.25) is 5.91 Å². The maximum atomic E-state index is 12.6. The second kappa shape index (κ2) is 15.2. The topological polar surface area (TPSA) is 97.6 Å². The smallest absolute Gasteiger partial charge is 0.257 e. The molecule has 1 aromatic carbocycles. The Morgan fingerprint density at radius 3 is 2.55 bits per heavy atom. The first-order valence-electron chi connectivity index (χ1n) is 11.4. The van der Waals surface area contributed by atoms with Crippen molar-refractivity contribution in [1.29, 1.82) is 0 Å². The Kier molecular flexibility index (Phi) is 12.2. The third-order valence-electron chi connectivity index (χ3n) is 5.05. The normalized spacial score (nSPS) is 12.5. The van der Waals surface area contributed by atoms with Gasteiger partial charge in [0.1, 0.15) is 5.75 Å². The molecule has 1 aromatic heterocycles. The molecule has 2 N–H and O–H groups in total. The van der Waals surface area contributed by atoms with Crippen molar-refractivity contribution in [3.05, 3.63) is 48.7 Å². The van der Waals surface area contributed by atoms with Crippen LogP contribution in [0.1, 0.15) is 46.0 Å². The predicted molar refractivity (Wildman–Crippen MR) is 129 cm³/mol. The van der Waals surface area contributed by atoms with Crippen LogP contribution in [-0.4, -0.2) is 42.5 Å². The Morgan fingerprint density at radius 1 is 1.06 bits per heavy atom. The molecule has 0 fully saturated rings. The number of amides is 2. The van der Waals surface area contributed by atoms with E-state index in [1.807, 2.05) is 31.2 Å². The van der Waals surface area contributed by atoms with Crippen molar-refractivity contribution in [2.24, 2.45) is 5.92 Å². The number of benzene rings is 1. The van der Waals surface area contributed by atoms with Gasteiger partial charge in [0.05, 0.1) is 18.1 Å². The molecule has 0 aliphatic rings. The van der Waals surface area contributed by atoms with Crippen molar-refractivity contribution >= 4 is 29.4 Å². The van der Waals surface area contributed by atoms with Crippen molar-refractivity contribution in [1.82, 2.24) is 10.6 Å². The Morgan fingerprint density at radius 2 is 1.85 bits per heavy atom. The van der Waals surface area contributed by atoms with Crippen molar-refractivity contribution in [3.8, 4) is 5.75 Å². The molecular weight excluding hydrogens is 440 g/mol. The Balaban J connectivity index is 1.67. The van der Waals surface area contributed by atoms with Crippen molar-refractivity contribution in [2.45, 2.75) is 57.1 Å². The lowest BCUT2D eigenvalue weighted by molar-refractivity contribution is -0.127. The van der Waals surface area contributed by atoms with Crippen LogP contribution in [0.25, 0.3) is 0 Å². The van der Waals surface area contributed by atoms with Crippen LogP contribution < -0.4 is 15.4 Å². The molecule has 0 saturated heterocycles. The number of nitrogens with one attached hydrogen (secondary N) is 2. The molecule has 1 unspecified atom stereocenters. The van der Waals surface area contributed by atoms with E-state index in [1.54, 1.807) is 24.5 Å². The van der Waals surface area contributed by atoms with Crippen LogP contribution >= 0.6 is 11.8 Å². The van der Waals surface area contributed by atoms with Gasteiger partial charge in [0.15, 0.2) is 17.5 Å². The molecule has 33 heavy (non-hydrogen) atoms. The third kappa shape index (κ3) is 11.1. The number of thioether (sulfide) groups is 1. The van der Waals surface area contributed by atoms with Gasteiger partial charge in [0.25, 0.3) is 5.91 Å². The van der Waals surface area contributed by atoms with Gasteiger partial charge in [-0.25, -0.2) is 0 Å². The lowest BCUT2D eigenvalue weighted by Crippen LogP contribution is -2.42. The number of ether oxygens (including phenoxy) is 1. The predicted octanol–water partition coefficient (Wildman–Crippen LogP) is 4.23. The third-order valence-corrected chi connectivity index (χ3v) is 5.99. The molecule has 2 atom stereocenters. The highest BCUT2D eigenvalue weighted by atomic mass is 32.2. The van der Waals surface area contributed by atoms with Crippen molar-refractivity contribution in [3.63, 3.8) is 0 Å². The molecule has 0 bridgehead atoms. The number of hydrogen-bond acceptors (Lipinski definition) is 6. The summed E-state index contributed by atoms with van der Waals surface area (Å²) >= 11 is 1.34. The summed E-state index contributed by atoms with van der Waals surface area (Å²) in [4.78, 5) is 37.0. The number of unbranched alkanes of at least 4 members (excludes halogenated alkanes) is 1. The molecule has 0 saturated carbocycles. The molecule has 0 aliphatic carbocycles. The standard InChI is InChI=1S/C25H34N2O5S/c1-3-4-11-21(22(28)18-33-25-12-8-15-31-25)27-23(29)14-13-19(2)16-26-24(30)17-32-20-9-6-5-7-10-20/h5-10,12,15,19,21H,3-4,11,13-14,16-18H2,1-2H3,(H,26,30)(H,27,29)/t19-,21?/m0/s1. The number of Topliss-reactive ketones (excluding diaryl/α,β-unsaturated/α-hetero) is 1. The van der Waals surface area contributed by atoms with E-state index in [-0.39, 0.29) is 35.9 Å². The number of furan rings is 1. The molecule has 0 spiro atoms. The summed E-state index contributed by atoms with van der Waals surface area (Å²) in [5, 5.41) is 6.42. The van der Waals surface area contributed by atoms with Crippen molar-refractivity contribution < 1.29 is 23.5 Å². The lowest BCUT2D eigenvalue weighted by atomic mass is 10.0. The van der Waals surface area contributed by atoms with E-state index >= 15 is 0 Å². The number of carbonyl (C=O) groups excluding carboxylic acids is 3. The van der Waals surface area contributed by atoms with E-state index in [0.717, 1.165) is 12.8 Å². The van der Waals surface area contributed by atoms with Gasteiger partial charge in [-0.2, -0.15) is 0 Å². The number of ketones is 1. The summed E-state index contributed by atoms with van der Waals surface area (Å²) in [5.41, 5.74) is 0. The molecule has 2 amide bonds. The lowest BCUT2D eigenvalue weighted by Gasteiger charge is -2.18. The fourth-order valence-electron chi connectivity index (χ4n) is 3.06. The minimum Gasteiger partial charge on any atom is -0.484 e. The van der Waals surface area contributed by atoms with E-state index in [4.69, 9.17) is 9.15 Å². The SMILES string of the molecule is CCCCC(NC(=O)CC[C@H](C)CNC(=O)COc1ccccc1)C(=O)CSc1ccco1. The van der Waals surface area contributed by atoms with E-state index in [9.17, 15) is 14.4 Å². The van der Waals surface area contributed by atoms with Crippen LogP contribution in [0.3, 0.4) is 0 Å². The highest BCUT2D eigenvalue weighted by Gasteiger charge is 2.21. The van der Waals surface area contributed by atoms with Gasteiger partial charge in [-0.15, -0.1) is 0 Å². The van der Waals surface area contributed by atoms with Gasteiger partial charge >= 0.3 is 0 Å². The van der Waals surface area contributed by atoms with Crippen LogP contribution in [0.4, 0.5) is 0 Å². The van der Waals surface area contributed by atoms with Crippen LogP contribution in [0.15, 0.2) is 58.2 Å². The maximum absolute atomic E-state index is 12.6. The zero-order valence-electron chi connectivity index (χ0n) is 19.4. The van der Waals surface area contributed by atoms with Crippen LogP contribution in [0.5, 0.6) is 5.75 Å². The zero-order valence-corrected chi connectivity index (χ0v) is 20.2. The molecular formula is C25H34N2O5S. The number of rotatable bonds is 16. The number of para-hydroxylation sites is 1. The van der Waals surface area contributed by atoms with E-state index in [0.29, 0.717) is 36.6 Å². The summed E-state index contributed by atoms with van der Waals surface area (Å²) in [6, 6.07) is 12.3. The molecule has 2 rings (SSSR count). The number of hydrogen-bond donors (Lipinski definition) is 2. The first-order valence-corrected chi connectivity index (χ1v) is 12.4. The Bertz CT molecular complexity index is 842. The Labute approximate surface area is 200 Å². The van der Waals surface area contributed by atoms with E-state index in [2.05, 4.69) is 17.6 Å². The molecule has 7 nitrogen and oxygen atoms in total. The highest BCUT2D eigenvalue weighted by Crippen LogP contribution is 2.19. The second-order valence-corrected chi connectivity index (χ2v) is 8.98. The van der Waals surface area contributed by atoms with E-state index in [1.165, 1.54) is 11.8 Å². The molecule has 0 aliphatic heterocycles. The second-order valence-electron chi connectivity index (χ2n) is 8.00. The minimum absolute atomic E-state index is 0.00284. The maximum Gasteiger partial charge on any atom is 0.257 e. The van der Waals surface area contributed by atoms with Gasteiger partial charge < -0.3 is 19.8 Å². The summed E-state index contributed by atoms with van der Waals surface area (Å²) in [5.74, 6) is 0.683. The summed E-state index contributed by atoms with van der Waals surface area (Å²) in [6.07, 6.45) is 4.95. The fourth-order valence-corrected chi connectivity index (χ4v) is 3.85. The van der Waals surface area contributed by atoms with Crippen molar-refractivity contribution in [2.75, 3.05) is 18.9 Å². The monoisotopic (exact) mass is 474 g/mol. The fraction of sp³-hybridized carbons (Fsp3) is 0.480. The first-order chi connectivity index (χ1) is 16.0. The summed E-state index contributed by atoms with van der Waals surface area (Å²) < 4.78 is 10.7. The molecule has 2 aromatic rings. The first kappa shape index (κ1) is 26.5. The zero-order chi connectivity index (χ0) is 23.9. The number of carbonyl (C=O) groups is 3. The average Bonchev–Trinajstić information content (AvgIpc) is 3.35.